The third-order valence-electron chi connectivity index (χ3n) is 3.29. The first kappa shape index (κ1) is 18.8. The number of ether oxygens (including phenoxy) is 1. The van der Waals surface area contributed by atoms with Crippen molar-refractivity contribution < 1.29 is 27.5 Å². The van der Waals surface area contributed by atoms with Gasteiger partial charge in [0.05, 0.1) is 11.6 Å². The zero-order chi connectivity index (χ0) is 18.6. The van der Waals surface area contributed by atoms with Crippen LogP contribution in [0.2, 0.25) is 5.02 Å². The molecular formula is C17H13ClF3NO3. The molecule has 0 aliphatic carbocycles. The van der Waals surface area contributed by atoms with E-state index in [9.17, 15) is 22.8 Å². The molecule has 0 saturated heterocycles. The van der Waals surface area contributed by atoms with Crippen LogP contribution in [0.4, 0.5) is 13.2 Å². The van der Waals surface area contributed by atoms with E-state index in [1.807, 2.05) is 0 Å². The summed E-state index contributed by atoms with van der Waals surface area (Å²) in [6.45, 7) is 0.795. The molecule has 1 amide bonds. The second kappa shape index (κ2) is 8.02. The van der Waals surface area contributed by atoms with Crippen LogP contribution >= 0.6 is 11.6 Å². The van der Waals surface area contributed by atoms with E-state index < -0.39 is 42.0 Å². The number of rotatable bonds is 5. The quantitative estimate of drug-likeness (QED) is 0.813. The number of esters is 1. The Balaban J connectivity index is 1.92. The number of amides is 1. The van der Waals surface area contributed by atoms with E-state index in [-0.39, 0.29) is 16.1 Å². The zero-order valence-electron chi connectivity index (χ0n) is 13.0. The Morgan fingerprint density at radius 2 is 1.84 bits per heavy atom. The molecule has 0 saturated carbocycles. The number of benzene rings is 2. The van der Waals surface area contributed by atoms with Crippen LogP contribution in [0.1, 0.15) is 28.9 Å². The van der Waals surface area contributed by atoms with Crippen molar-refractivity contribution in [2.24, 2.45) is 0 Å². The Labute approximate surface area is 146 Å². The van der Waals surface area contributed by atoms with Crippen LogP contribution in [-0.4, -0.2) is 18.5 Å². The number of hydrogen-bond acceptors (Lipinski definition) is 3. The lowest BCUT2D eigenvalue weighted by Gasteiger charge is -2.15. The zero-order valence-corrected chi connectivity index (χ0v) is 13.7. The van der Waals surface area contributed by atoms with Crippen LogP contribution < -0.4 is 5.32 Å². The molecule has 0 bridgehead atoms. The highest BCUT2D eigenvalue weighted by Crippen LogP contribution is 2.18. The standard InChI is InChI=1S/C17H13ClF3NO3/c1-9(12-5-3-11(19)7-15(12)21)22-16(23)8-25-17(24)13-4-2-10(18)6-14(13)20/h2-7,9H,8H2,1H3,(H,22,23)/t9-/m0/s1. The lowest BCUT2D eigenvalue weighted by Crippen LogP contribution is -2.31. The maximum absolute atomic E-state index is 13.6. The van der Waals surface area contributed by atoms with E-state index in [4.69, 9.17) is 16.3 Å². The molecule has 25 heavy (non-hydrogen) atoms. The molecule has 0 spiro atoms. The second-order valence-electron chi connectivity index (χ2n) is 5.16. The van der Waals surface area contributed by atoms with Crippen molar-refractivity contribution in [1.82, 2.24) is 5.32 Å². The summed E-state index contributed by atoms with van der Waals surface area (Å²) in [7, 11) is 0. The van der Waals surface area contributed by atoms with E-state index >= 15 is 0 Å². The van der Waals surface area contributed by atoms with Crippen molar-refractivity contribution in [2.75, 3.05) is 6.61 Å². The predicted molar refractivity (Wildman–Crippen MR) is 84.6 cm³/mol. The fraction of sp³-hybridized carbons (Fsp3) is 0.176. The molecule has 2 aromatic rings. The summed E-state index contributed by atoms with van der Waals surface area (Å²) in [5, 5.41) is 2.51. The van der Waals surface area contributed by atoms with E-state index in [1.165, 1.54) is 19.1 Å². The second-order valence-corrected chi connectivity index (χ2v) is 5.59. The van der Waals surface area contributed by atoms with Crippen molar-refractivity contribution in [3.8, 4) is 0 Å². The first-order valence-electron chi connectivity index (χ1n) is 7.14. The number of nitrogens with one attached hydrogen (secondary N) is 1. The van der Waals surface area contributed by atoms with Gasteiger partial charge in [0.15, 0.2) is 6.61 Å². The van der Waals surface area contributed by atoms with Crippen molar-refractivity contribution in [3.63, 3.8) is 0 Å². The molecule has 132 valence electrons. The first-order valence-corrected chi connectivity index (χ1v) is 7.52. The van der Waals surface area contributed by atoms with Gasteiger partial charge in [-0.15, -0.1) is 0 Å². The Hall–Kier alpha value is -2.54. The molecule has 0 aliphatic heterocycles. The normalized spacial score (nSPS) is 11.7. The Morgan fingerprint density at radius 3 is 2.48 bits per heavy atom. The lowest BCUT2D eigenvalue weighted by molar-refractivity contribution is -0.124. The minimum Gasteiger partial charge on any atom is -0.452 e. The van der Waals surface area contributed by atoms with Gasteiger partial charge in [0.25, 0.3) is 5.91 Å². The molecule has 1 N–H and O–H groups in total. The van der Waals surface area contributed by atoms with Gasteiger partial charge in [-0.1, -0.05) is 17.7 Å². The Bertz CT molecular complexity index is 814. The smallest absolute Gasteiger partial charge is 0.341 e. The average molecular weight is 372 g/mol. The van der Waals surface area contributed by atoms with Crippen LogP contribution in [-0.2, 0) is 9.53 Å². The lowest BCUT2D eigenvalue weighted by atomic mass is 10.1. The molecule has 0 aliphatic rings. The molecule has 8 heteroatoms. The summed E-state index contributed by atoms with van der Waals surface area (Å²) >= 11 is 5.58. The van der Waals surface area contributed by atoms with Gasteiger partial charge in [0.1, 0.15) is 17.5 Å². The minimum atomic E-state index is -1.04. The first-order chi connectivity index (χ1) is 11.8. The molecule has 4 nitrogen and oxygen atoms in total. The highest BCUT2D eigenvalue weighted by Gasteiger charge is 2.18. The molecule has 0 radical (unpaired) electrons. The van der Waals surface area contributed by atoms with Gasteiger partial charge >= 0.3 is 5.97 Å². The summed E-state index contributed by atoms with van der Waals surface area (Å²) in [6.07, 6.45) is 0. The largest absolute Gasteiger partial charge is 0.452 e. The number of halogens is 4. The topological polar surface area (TPSA) is 55.4 Å². The van der Waals surface area contributed by atoms with Gasteiger partial charge in [-0.05, 0) is 31.2 Å². The molecule has 0 unspecified atom stereocenters. The van der Waals surface area contributed by atoms with Crippen LogP contribution in [0.25, 0.3) is 0 Å². The predicted octanol–water partition coefficient (Wildman–Crippen LogP) is 3.79. The average Bonchev–Trinajstić information content (AvgIpc) is 2.52. The van der Waals surface area contributed by atoms with E-state index in [0.717, 1.165) is 18.2 Å². The molecule has 2 rings (SSSR count). The number of hydrogen-bond donors (Lipinski definition) is 1. The molecule has 0 aromatic heterocycles. The summed E-state index contributed by atoms with van der Waals surface area (Å²) in [6, 6.07) is 5.56. The van der Waals surface area contributed by atoms with E-state index in [2.05, 4.69) is 5.32 Å². The SMILES string of the molecule is C[C@H](NC(=O)COC(=O)c1ccc(Cl)cc1F)c1ccc(F)cc1F. The minimum absolute atomic E-state index is 0.0739. The third kappa shape index (κ3) is 4.96. The summed E-state index contributed by atoms with van der Waals surface area (Å²) in [5.74, 6) is -4.18. The van der Waals surface area contributed by atoms with Crippen molar-refractivity contribution in [2.45, 2.75) is 13.0 Å². The molecule has 0 fully saturated rings. The summed E-state index contributed by atoms with van der Waals surface area (Å²) < 4.78 is 44.8. The molecule has 0 heterocycles. The van der Waals surface area contributed by atoms with Crippen LogP contribution in [0.15, 0.2) is 36.4 Å². The Morgan fingerprint density at radius 1 is 1.12 bits per heavy atom. The number of carbonyl (C=O) groups excluding carboxylic acids is 2. The number of carbonyl (C=O) groups is 2. The fourth-order valence-electron chi connectivity index (χ4n) is 2.08. The van der Waals surface area contributed by atoms with Gasteiger partial charge in [0.2, 0.25) is 0 Å². The van der Waals surface area contributed by atoms with Crippen LogP contribution in [0.5, 0.6) is 0 Å². The monoisotopic (exact) mass is 371 g/mol. The maximum Gasteiger partial charge on any atom is 0.341 e. The van der Waals surface area contributed by atoms with Gasteiger partial charge in [-0.3, -0.25) is 4.79 Å². The molecule has 2 aromatic carbocycles. The van der Waals surface area contributed by atoms with Crippen LogP contribution in [0.3, 0.4) is 0 Å². The van der Waals surface area contributed by atoms with Gasteiger partial charge in [0, 0.05) is 16.7 Å². The maximum atomic E-state index is 13.6. The van der Waals surface area contributed by atoms with Crippen molar-refractivity contribution >= 4 is 23.5 Å². The van der Waals surface area contributed by atoms with E-state index in [1.54, 1.807) is 0 Å². The van der Waals surface area contributed by atoms with Crippen molar-refractivity contribution in [1.29, 1.82) is 0 Å². The van der Waals surface area contributed by atoms with Gasteiger partial charge in [-0.25, -0.2) is 18.0 Å². The van der Waals surface area contributed by atoms with Gasteiger partial charge < -0.3 is 10.1 Å². The molecule has 1 atom stereocenters. The highest BCUT2D eigenvalue weighted by molar-refractivity contribution is 6.30. The van der Waals surface area contributed by atoms with Crippen molar-refractivity contribution in [3.05, 3.63) is 70.0 Å². The van der Waals surface area contributed by atoms with Crippen LogP contribution in [0, 0.1) is 17.5 Å². The highest BCUT2D eigenvalue weighted by atomic mass is 35.5. The van der Waals surface area contributed by atoms with Gasteiger partial charge in [-0.2, -0.15) is 0 Å². The summed E-state index contributed by atoms with van der Waals surface area (Å²) in [4.78, 5) is 23.5. The third-order valence-corrected chi connectivity index (χ3v) is 3.53. The molecular weight excluding hydrogens is 359 g/mol. The fourth-order valence-corrected chi connectivity index (χ4v) is 2.24. The van der Waals surface area contributed by atoms with E-state index in [0.29, 0.717) is 6.07 Å². The summed E-state index contributed by atoms with van der Waals surface area (Å²) in [5.41, 5.74) is -0.292. The Kier molecular flexibility index (Phi) is 6.03.